The monoisotopic (exact) mass is 245 g/mol. The fraction of sp³-hybridized carbons (Fsp3) is 0.923. The second-order valence-corrected chi connectivity index (χ2v) is 6.35. The van der Waals surface area contributed by atoms with Crippen LogP contribution in [0.3, 0.4) is 0 Å². The fourth-order valence-electron chi connectivity index (χ4n) is 1.13. The maximum Gasteiger partial charge on any atom is 0.315 e. The maximum atomic E-state index is 12.0. The molecule has 0 aliphatic rings. The minimum Gasteiger partial charge on any atom is -0.435 e. The van der Waals surface area contributed by atoms with Gasteiger partial charge in [0.05, 0.1) is 5.41 Å². The highest BCUT2D eigenvalue weighted by Crippen LogP contribution is 2.26. The molecule has 102 valence electrons. The zero-order valence-corrected chi connectivity index (χ0v) is 12.2. The van der Waals surface area contributed by atoms with Crippen molar-refractivity contribution < 1.29 is 14.3 Å². The van der Waals surface area contributed by atoms with Crippen molar-refractivity contribution in [2.75, 3.05) is 7.11 Å². The fourth-order valence-corrected chi connectivity index (χ4v) is 1.13. The van der Waals surface area contributed by atoms with Crippen LogP contribution in [0, 0.1) is 10.8 Å². The van der Waals surface area contributed by atoms with Crippen molar-refractivity contribution in [2.45, 2.75) is 60.3 Å². The number of hydrogen-bond donors (Lipinski definition) is 1. The summed E-state index contributed by atoms with van der Waals surface area (Å²) >= 11 is 0. The molecule has 0 amide bonds. The molecule has 2 N–H and O–H groups in total. The van der Waals surface area contributed by atoms with Crippen molar-refractivity contribution >= 4 is 5.97 Å². The van der Waals surface area contributed by atoms with Crippen molar-refractivity contribution in [1.82, 2.24) is 0 Å². The van der Waals surface area contributed by atoms with Gasteiger partial charge < -0.3 is 15.2 Å². The van der Waals surface area contributed by atoms with Crippen LogP contribution in [-0.4, -0.2) is 25.4 Å². The number of methoxy groups -OCH3 is 1. The van der Waals surface area contributed by atoms with Crippen molar-refractivity contribution in [3.05, 3.63) is 0 Å². The Morgan fingerprint density at radius 3 is 2.00 bits per heavy atom. The predicted molar refractivity (Wildman–Crippen MR) is 68.4 cm³/mol. The molecule has 0 aromatic heterocycles. The Morgan fingerprint density at radius 2 is 1.71 bits per heavy atom. The smallest absolute Gasteiger partial charge is 0.315 e. The second-order valence-electron chi connectivity index (χ2n) is 6.35. The van der Waals surface area contributed by atoms with Gasteiger partial charge >= 0.3 is 5.97 Å². The van der Waals surface area contributed by atoms with Gasteiger partial charge in [-0.25, -0.2) is 0 Å². The van der Waals surface area contributed by atoms with E-state index in [1.54, 1.807) is 27.9 Å². The first-order valence-electron chi connectivity index (χ1n) is 6.00. The zero-order chi connectivity index (χ0) is 13.9. The van der Waals surface area contributed by atoms with Crippen LogP contribution in [0.5, 0.6) is 0 Å². The molecule has 0 saturated heterocycles. The number of nitrogens with two attached hydrogens (primary N) is 1. The summed E-state index contributed by atoms with van der Waals surface area (Å²) in [5.41, 5.74) is 5.12. The molecule has 0 bridgehead atoms. The Hall–Kier alpha value is -0.610. The highest BCUT2D eigenvalue weighted by molar-refractivity contribution is 5.76. The van der Waals surface area contributed by atoms with E-state index in [0.29, 0.717) is 6.42 Å². The molecule has 4 nitrogen and oxygen atoms in total. The summed E-state index contributed by atoms with van der Waals surface area (Å²) in [6, 6.07) is -0.262. The van der Waals surface area contributed by atoms with Crippen LogP contribution >= 0.6 is 0 Å². The van der Waals surface area contributed by atoms with E-state index in [4.69, 9.17) is 15.2 Å². The average molecular weight is 245 g/mol. The van der Waals surface area contributed by atoms with E-state index >= 15 is 0 Å². The summed E-state index contributed by atoms with van der Waals surface area (Å²) < 4.78 is 10.5. The molecule has 0 rings (SSSR count). The summed E-state index contributed by atoms with van der Waals surface area (Å²) in [5.74, 6) is -0.316. The Morgan fingerprint density at radius 1 is 1.24 bits per heavy atom. The van der Waals surface area contributed by atoms with Gasteiger partial charge in [-0.1, -0.05) is 20.8 Å². The predicted octanol–water partition coefficient (Wildman–Crippen LogP) is 2.31. The Kier molecular flexibility index (Phi) is 5.62. The van der Waals surface area contributed by atoms with Gasteiger partial charge in [-0.15, -0.1) is 0 Å². The summed E-state index contributed by atoms with van der Waals surface area (Å²) in [6.07, 6.45) is 0.144. The standard InChI is InChI=1S/C13H27NO3/c1-9(14)13(5,6)11(15)17-10(16-7)8-12(2,3)4/h9-10H,8,14H2,1-7H3. The summed E-state index contributed by atoms with van der Waals surface area (Å²) in [7, 11) is 1.54. The second kappa shape index (κ2) is 5.83. The zero-order valence-electron chi connectivity index (χ0n) is 12.2. The van der Waals surface area contributed by atoms with Gasteiger partial charge in [0.2, 0.25) is 6.29 Å². The van der Waals surface area contributed by atoms with E-state index in [9.17, 15) is 4.79 Å². The van der Waals surface area contributed by atoms with Crippen LogP contribution in [0.4, 0.5) is 0 Å². The minimum absolute atomic E-state index is 0.0411. The van der Waals surface area contributed by atoms with E-state index in [0.717, 1.165) is 0 Å². The third kappa shape index (κ3) is 5.50. The van der Waals surface area contributed by atoms with E-state index in [1.165, 1.54) is 0 Å². The first kappa shape index (κ1) is 16.4. The molecule has 0 aliphatic heterocycles. The van der Waals surface area contributed by atoms with Crippen LogP contribution in [0.15, 0.2) is 0 Å². The Balaban J connectivity index is 4.54. The lowest BCUT2D eigenvalue weighted by Crippen LogP contribution is -2.44. The molecule has 17 heavy (non-hydrogen) atoms. The summed E-state index contributed by atoms with van der Waals surface area (Å²) in [5, 5.41) is 0. The topological polar surface area (TPSA) is 61.5 Å². The average Bonchev–Trinajstić information content (AvgIpc) is 2.13. The summed E-state index contributed by atoms with van der Waals surface area (Å²) in [6.45, 7) is 11.6. The van der Waals surface area contributed by atoms with E-state index in [2.05, 4.69) is 20.8 Å². The molecule has 4 heteroatoms. The number of carbonyl (C=O) groups is 1. The third-order valence-corrected chi connectivity index (χ3v) is 2.94. The van der Waals surface area contributed by atoms with Gasteiger partial charge in [0.1, 0.15) is 0 Å². The van der Waals surface area contributed by atoms with E-state index in [-0.39, 0.29) is 17.4 Å². The van der Waals surface area contributed by atoms with Gasteiger partial charge in [-0.05, 0) is 26.2 Å². The van der Waals surface area contributed by atoms with Gasteiger partial charge in [0, 0.05) is 19.6 Å². The molecule has 0 aromatic carbocycles. The van der Waals surface area contributed by atoms with Gasteiger partial charge in [0.15, 0.2) is 0 Å². The Labute approximate surface area is 105 Å². The summed E-state index contributed by atoms with van der Waals surface area (Å²) in [4.78, 5) is 12.0. The molecule has 0 aliphatic carbocycles. The SMILES string of the molecule is COC(CC(C)(C)C)OC(=O)C(C)(C)C(C)N. The lowest BCUT2D eigenvalue weighted by atomic mass is 9.86. The van der Waals surface area contributed by atoms with Crippen LogP contribution in [0.25, 0.3) is 0 Å². The van der Waals surface area contributed by atoms with Gasteiger partial charge in [-0.3, -0.25) is 4.79 Å². The number of ether oxygens (including phenoxy) is 2. The number of esters is 1. The molecule has 2 unspecified atom stereocenters. The molecule has 0 radical (unpaired) electrons. The van der Waals surface area contributed by atoms with Crippen LogP contribution in [0.1, 0.15) is 48.0 Å². The quantitative estimate of drug-likeness (QED) is 0.596. The lowest BCUT2D eigenvalue weighted by Gasteiger charge is -2.30. The van der Waals surface area contributed by atoms with Gasteiger partial charge in [-0.2, -0.15) is 0 Å². The molecule has 0 spiro atoms. The molecular weight excluding hydrogens is 218 g/mol. The van der Waals surface area contributed by atoms with Crippen LogP contribution in [-0.2, 0) is 14.3 Å². The first-order chi connectivity index (χ1) is 7.50. The van der Waals surface area contributed by atoms with Crippen LogP contribution in [0.2, 0.25) is 0 Å². The third-order valence-electron chi connectivity index (χ3n) is 2.94. The van der Waals surface area contributed by atoms with E-state index < -0.39 is 11.7 Å². The number of hydrogen-bond acceptors (Lipinski definition) is 4. The molecular formula is C13H27NO3. The highest BCUT2D eigenvalue weighted by atomic mass is 16.7. The van der Waals surface area contributed by atoms with Crippen molar-refractivity contribution in [2.24, 2.45) is 16.6 Å². The van der Waals surface area contributed by atoms with Crippen molar-refractivity contribution in [3.8, 4) is 0 Å². The molecule has 0 saturated carbocycles. The van der Waals surface area contributed by atoms with Crippen molar-refractivity contribution in [1.29, 1.82) is 0 Å². The first-order valence-corrected chi connectivity index (χ1v) is 6.00. The number of rotatable bonds is 5. The molecule has 0 fully saturated rings. The molecule has 0 heterocycles. The number of carbonyl (C=O) groups excluding carboxylic acids is 1. The molecule has 0 aromatic rings. The largest absolute Gasteiger partial charge is 0.435 e. The Bertz CT molecular complexity index is 254. The van der Waals surface area contributed by atoms with Gasteiger partial charge in [0.25, 0.3) is 0 Å². The van der Waals surface area contributed by atoms with E-state index in [1.807, 2.05) is 0 Å². The van der Waals surface area contributed by atoms with Crippen LogP contribution < -0.4 is 5.73 Å². The minimum atomic E-state index is -0.700. The maximum absolute atomic E-state index is 12.0. The normalized spacial score (nSPS) is 16.5. The lowest BCUT2D eigenvalue weighted by molar-refractivity contribution is -0.189. The molecule has 2 atom stereocenters. The highest BCUT2D eigenvalue weighted by Gasteiger charge is 2.35. The van der Waals surface area contributed by atoms with Crippen molar-refractivity contribution in [3.63, 3.8) is 0 Å².